The molecule has 0 unspecified atom stereocenters. The summed E-state index contributed by atoms with van der Waals surface area (Å²) in [5.41, 5.74) is 3.46. The smallest absolute Gasteiger partial charge is 0.176 e. The van der Waals surface area contributed by atoms with Gasteiger partial charge < -0.3 is 4.98 Å². The second kappa shape index (κ2) is 5.35. The Morgan fingerprint density at radius 3 is 2.71 bits per heavy atom. The van der Waals surface area contributed by atoms with Crippen molar-refractivity contribution in [3.05, 3.63) is 47.9 Å². The van der Waals surface area contributed by atoms with Crippen LogP contribution in [0.2, 0.25) is 0 Å². The first-order valence-corrected chi connectivity index (χ1v) is 7.86. The van der Waals surface area contributed by atoms with Gasteiger partial charge in [0.1, 0.15) is 11.3 Å². The SMILES string of the molecule is c1ccc(CCc2nc3c(cnn3C3CCCC3)[nH]2)cc1. The van der Waals surface area contributed by atoms with Gasteiger partial charge in [-0.05, 0) is 24.8 Å². The molecule has 0 radical (unpaired) electrons. The third kappa shape index (κ3) is 2.46. The van der Waals surface area contributed by atoms with Gasteiger partial charge in [0.15, 0.2) is 5.65 Å². The summed E-state index contributed by atoms with van der Waals surface area (Å²) >= 11 is 0. The Bertz CT molecular complexity index is 720. The molecule has 2 heterocycles. The van der Waals surface area contributed by atoms with Gasteiger partial charge in [-0.2, -0.15) is 5.10 Å². The van der Waals surface area contributed by atoms with E-state index in [-0.39, 0.29) is 0 Å². The fourth-order valence-corrected chi connectivity index (χ4v) is 3.31. The van der Waals surface area contributed by atoms with E-state index in [1.165, 1.54) is 31.2 Å². The maximum atomic E-state index is 4.78. The molecule has 0 spiro atoms. The summed E-state index contributed by atoms with van der Waals surface area (Å²) in [6, 6.07) is 11.1. The Labute approximate surface area is 124 Å². The van der Waals surface area contributed by atoms with Crippen LogP contribution in [0.5, 0.6) is 0 Å². The van der Waals surface area contributed by atoms with E-state index in [2.05, 4.69) is 45.1 Å². The zero-order valence-corrected chi connectivity index (χ0v) is 12.1. The summed E-state index contributed by atoms with van der Waals surface area (Å²) in [6.07, 6.45) is 9.00. The minimum Gasteiger partial charge on any atom is -0.339 e. The van der Waals surface area contributed by atoms with Crippen molar-refractivity contribution >= 4 is 11.2 Å². The molecule has 21 heavy (non-hydrogen) atoms. The number of rotatable bonds is 4. The van der Waals surface area contributed by atoms with Crippen LogP contribution in [0.1, 0.15) is 43.1 Å². The molecule has 0 amide bonds. The number of nitrogens with one attached hydrogen (secondary N) is 1. The third-order valence-electron chi connectivity index (χ3n) is 4.45. The molecule has 3 aromatic rings. The number of aromatic nitrogens is 4. The van der Waals surface area contributed by atoms with E-state index < -0.39 is 0 Å². The van der Waals surface area contributed by atoms with Crippen molar-refractivity contribution < 1.29 is 0 Å². The Balaban J connectivity index is 1.54. The summed E-state index contributed by atoms with van der Waals surface area (Å²) in [6.45, 7) is 0. The number of hydrogen-bond donors (Lipinski definition) is 1. The summed E-state index contributed by atoms with van der Waals surface area (Å²) in [5, 5.41) is 4.52. The number of imidazole rings is 1. The molecule has 0 saturated heterocycles. The van der Waals surface area contributed by atoms with Gasteiger partial charge in [0, 0.05) is 6.42 Å². The normalized spacial score (nSPS) is 16.0. The quantitative estimate of drug-likeness (QED) is 0.792. The van der Waals surface area contributed by atoms with Crippen LogP contribution in [0.4, 0.5) is 0 Å². The van der Waals surface area contributed by atoms with Gasteiger partial charge >= 0.3 is 0 Å². The van der Waals surface area contributed by atoms with Crippen LogP contribution in [0.3, 0.4) is 0 Å². The van der Waals surface area contributed by atoms with Gasteiger partial charge in [-0.3, -0.25) is 0 Å². The summed E-state index contributed by atoms with van der Waals surface area (Å²) < 4.78 is 2.13. The maximum absolute atomic E-state index is 4.78. The minimum atomic E-state index is 0.549. The highest BCUT2D eigenvalue weighted by atomic mass is 15.3. The van der Waals surface area contributed by atoms with Gasteiger partial charge in [-0.25, -0.2) is 9.67 Å². The van der Waals surface area contributed by atoms with Crippen LogP contribution in [0.25, 0.3) is 11.2 Å². The molecule has 1 aliphatic rings. The molecular formula is C17H20N4. The number of fused-ring (bicyclic) bond motifs is 1. The van der Waals surface area contributed by atoms with Crippen molar-refractivity contribution in [3.63, 3.8) is 0 Å². The first kappa shape index (κ1) is 12.6. The Hall–Kier alpha value is -2.10. The number of aryl methyl sites for hydroxylation is 2. The largest absolute Gasteiger partial charge is 0.339 e. The second-order valence-electron chi connectivity index (χ2n) is 5.93. The summed E-state index contributed by atoms with van der Waals surface area (Å²) in [4.78, 5) is 8.19. The fraction of sp³-hybridized carbons (Fsp3) is 0.412. The lowest BCUT2D eigenvalue weighted by Crippen LogP contribution is -2.06. The van der Waals surface area contributed by atoms with E-state index in [1.807, 2.05) is 6.20 Å². The van der Waals surface area contributed by atoms with E-state index in [0.717, 1.165) is 29.8 Å². The predicted molar refractivity (Wildman–Crippen MR) is 83.2 cm³/mol. The highest BCUT2D eigenvalue weighted by molar-refractivity contribution is 5.70. The van der Waals surface area contributed by atoms with Crippen molar-refractivity contribution in [2.75, 3.05) is 0 Å². The van der Waals surface area contributed by atoms with Crippen molar-refractivity contribution in [1.29, 1.82) is 0 Å². The van der Waals surface area contributed by atoms with Crippen molar-refractivity contribution in [3.8, 4) is 0 Å². The second-order valence-corrected chi connectivity index (χ2v) is 5.93. The molecule has 4 heteroatoms. The van der Waals surface area contributed by atoms with Gasteiger partial charge in [-0.15, -0.1) is 0 Å². The molecule has 2 aromatic heterocycles. The molecule has 1 N–H and O–H groups in total. The number of benzene rings is 1. The standard InChI is InChI=1S/C17H20N4/c1-2-6-13(7-3-1)10-11-16-19-15-12-18-21(17(15)20-16)14-8-4-5-9-14/h1-3,6-7,12,14H,4-5,8-11H2,(H,19,20). The zero-order valence-electron chi connectivity index (χ0n) is 12.1. The fourth-order valence-electron chi connectivity index (χ4n) is 3.31. The third-order valence-corrected chi connectivity index (χ3v) is 4.45. The van der Waals surface area contributed by atoms with E-state index in [0.29, 0.717) is 6.04 Å². The first-order valence-electron chi connectivity index (χ1n) is 7.86. The Morgan fingerprint density at radius 2 is 1.90 bits per heavy atom. The topological polar surface area (TPSA) is 46.5 Å². The summed E-state index contributed by atoms with van der Waals surface area (Å²) in [7, 11) is 0. The highest BCUT2D eigenvalue weighted by Crippen LogP contribution is 2.31. The molecule has 1 fully saturated rings. The van der Waals surface area contributed by atoms with Crippen LogP contribution in [-0.2, 0) is 12.8 Å². The van der Waals surface area contributed by atoms with Crippen LogP contribution in [-0.4, -0.2) is 19.7 Å². The molecule has 0 aliphatic heterocycles. The number of hydrogen-bond acceptors (Lipinski definition) is 2. The highest BCUT2D eigenvalue weighted by Gasteiger charge is 2.21. The number of nitrogens with zero attached hydrogens (tertiary/aromatic N) is 3. The molecule has 0 atom stereocenters. The van der Waals surface area contributed by atoms with E-state index in [9.17, 15) is 0 Å². The van der Waals surface area contributed by atoms with Crippen LogP contribution < -0.4 is 0 Å². The van der Waals surface area contributed by atoms with E-state index >= 15 is 0 Å². The van der Waals surface area contributed by atoms with Crippen LogP contribution in [0.15, 0.2) is 36.5 Å². The van der Waals surface area contributed by atoms with E-state index in [1.54, 1.807) is 0 Å². The minimum absolute atomic E-state index is 0.549. The molecule has 4 rings (SSSR count). The van der Waals surface area contributed by atoms with Gasteiger partial charge in [-0.1, -0.05) is 43.2 Å². The molecule has 0 bridgehead atoms. The predicted octanol–water partition coefficient (Wildman–Crippen LogP) is 3.66. The average molecular weight is 280 g/mol. The average Bonchev–Trinajstić information content (AvgIpc) is 3.22. The monoisotopic (exact) mass is 280 g/mol. The lowest BCUT2D eigenvalue weighted by Gasteiger charge is -2.08. The molecule has 108 valence electrons. The molecular weight excluding hydrogens is 260 g/mol. The Kier molecular flexibility index (Phi) is 3.22. The van der Waals surface area contributed by atoms with Crippen molar-refractivity contribution in [2.24, 2.45) is 0 Å². The van der Waals surface area contributed by atoms with Crippen molar-refractivity contribution in [1.82, 2.24) is 19.7 Å². The lowest BCUT2D eigenvalue weighted by atomic mass is 10.1. The molecule has 1 saturated carbocycles. The first-order chi connectivity index (χ1) is 10.4. The summed E-state index contributed by atoms with van der Waals surface area (Å²) in [5.74, 6) is 1.07. The van der Waals surface area contributed by atoms with Gasteiger partial charge in [0.25, 0.3) is 0 Å². The molecule has 4 nitrogen and oxygen atoms in total. The molecule has 1 aromatic carbocycles. The van der Waals surface area contributed by atoms with Crippen molar-refractivity contribution in [2.45, 2.75) is 44.6 Å². The number of aromatic amines is 1. The van der Waals surface area contributed by atoms with Gasteiger partial charge in [0.05, 0.1) is 12.2 Å². The van der Waals surface area contributed by atoms with Gasteiger partial charge in [0.2, 0.25) is 0 Å². The van der Waals surface area contributed by atoms with Crippen LogP contribution >= 0.6 is 0 Å². The van der Waals surface area contributed by atoms with E-state index in [4.69, 9.17) is 4.98 Å². The maximum Gasteiger partial charge on any atom is 0.176 e. The zero-order chi connectivity index (χ0) is 14.1. The Morgan fingerprint density at radius 1 is 1.10 bits per heavy atom. The lowest BCUT2D eigenvalue weighted by molar-refractivity contribution is 0.478. The molecule has 1 aliphatic carbocycles. The van der Waals surface area contributed by atoms with Crippen LogP contribution in [0, 0.1) is 0 Å². The number of H-pyrrole nitrogens is 1.